The number of sulfonamides is 1. The second-order valence-corrected chi connectivity index (χ2v) is 6.36. The maximum Gasteiger partial charge on any atom is 0.322 e. The molecule has 0 bridgehead atoms. The zero-order valence-corrected chi connectivity index (χ0v) is 11.1. The maximum atomic E-state index is 12.6. The van der Waals surface area contributed by atoms with Crippen LogP contribution < -0.4 is 0 Å². The summed E-state index contributed by atoms with van der Waals surface area (Å²) < 4.78 is 30.8. The van der Waals surface area contributed by atoms with Gasteiger partial charge in [-0.3, -0.25) is 4.79 Å². The van der Waals surface area contributed by atoms with Crippen molar-refractivity contribution in [2.75, 3.05) is 6.54 Å². The molecule has 3 rings (SSSR count). The summed E-state index contributed by atoms with van der Waals surface area (Å²) in [6.45, 7) is 0.182. The molecule has 1 aromatic carbocycles. The predicted molar refractivity (Wildman–Crippen MR) is 66.4 cm³/mol. The van der Waals surface area contributed by atoms with Gasteiger partial charge in [-0.25, -0.2) is 13.0 Å². The second kappa shape index (κ2) is 4.53. The van der Waals surface area contributed by atoms with Gasteiger partial charge in [0.15, 0.2) is 5.52 Å². The molecule has 0 saturated carbocycles. The lowest BCUT2D eigenvalue weighted by Crippen LogP contribution is -2.40. The summed E-state index contributed by atoms with van der Waals surface area (Å²) >= 11 is 0. The van der Waals surface area contributed by atoms with Gasteiger partial charge in [0, 0.05) is 6.54 Å². The Hall–Kier alpha value is -2.00. The van der Waals surface area contributed by atoms with Gasteiger partial charge in [-0.15, -0.1) is 0 Å². The fraction of sp³-hybridized carbons (Fsp3) is 0.364. The van der Waals surface area contributed by atoms with Crippen LogP contribution in [0.4, 0.5) is 0 Å². The van der Waals surface area contributed by atoms with Crippen LogP contribution in [0.1, 0.15) is 12.8 Å². The number of nitrogens with zero attached hydrogens (tertiary/aromatic N) is 3. The summed E-state index contributed by atoms with van der Waals surface area (Å²) in [5.41, 5.74) is 0.431. The Kier molecular flexibility index (Phi) is 2.94. The monoisotopic (exact) mass is 297 g/mol. The third kappa shape index (κ3) is 1.86. The SMILES string of the molecule is O=C(O)[C@@H]1CCCN1S(=O)(=O)c1cccc2nonc12. The van der Waals surface area contributed by atoms with Gasteiger partial charge in [0.2, 0.25) is 10.0 Å². The summed E-state index contributed by atoms with van der Waals surface area (Å²) in [6.07, 6.45) is 0.824. The first kappa shape index (κ1) is 13.0. The molecule has 106 valence electrons. The van der Waals surface area contributed by atoms with Crippen molar-refractivity contribution >= 4 is 27.0 Å². The standard InChI is InChI=1S/C11H11N3O5S/c15-11(16)8-4-2-6-14(8)20(17,18)9-5-1-3-7-10(9)13-19-12-7/h1,3,5,8H,2,4,6H2,(H,15,16)/t8-/m0/s1. The van der Waals surface area contributed by atoms with Crippen LogP contribution in [-0.2, 0) is 14.8 Å². The highest BCUT2D eigenvalue weighted by Crippen LogP contribution is 2.29. The minimum Gasteiger partial charge on any atom is -0.480 e. The van der Waals surface area contributed by atoms with E-state index in [0.29, 0.717) is 18.4 Å². The van der Waals surface area contributed by atoms with Gasteiger partial charge >= 0.3 is 5.97 Å². The molecule has 1 aliphatic heterocycles. The van der Waals surface area contributed by atoms with Crippen molar-refractivity contribution < 1.29 is 22.9 Å². The zero-order valence-electron chi connectivity index (χ0n) is 10.3. The molecule has 1 aromatic heterocycles. The highest BCUT2D eigenvalue weighted by atomic mass is 32.2. The third-order valence-electron chi connectivity index (χ3n) is 3.32. The molecular weight excluding hydrogens is 286 g/mol. The Morgan fingerprint density at radius 3 is 2.95 bits per heavy atom. The number of hydrogen-bond acceptors (Lipinski definition) is 6. The van der Waals surface area contributed by atoms with E-state index in [1.54, 1.807) is 6.07 Å². The summed E-state index contributed by atoms with van der Waals surface area (Å²) in [6, 6.07) is 3.43. The van der Waals surface area contributed by atoms with Crippen molar-refractivity contribution in [1.82, 2.24) is 14.6 Å². The molecule has 9 heteroatoms. The van der Waals surface area contributed by atoms with Crippen molar-refractivity contribution in [3.8, 4) is 0 Å². The van der Waals surface area contributed by atoms with Crippen LogP contribution in [0.25, 0.3) is 11.0 Å². The van der Waals surface area contributed by atoms with Crippen molar-refractivity contribution in [2.24, 2.45) is 0 Å². The lowest BCUT2D eigenvalue weighted by Gasteiger charge is -2.20. The molecule has 2 heterocycles. The summed E-state index contributed by atoms with van der Waals surface area (Å²) in [7, 11) is -3.94. The van der Waals surface area contributed by atoms with Crippen LogP contribution in [0.3, 0.4) is 0 Å². The predicted octanol–water partition coefficient (Wildman–Crippen LogP) is 0.460. The summed E-state index contributed by atoms with van der Waals surface area (Å²) in [5.74, 6) is -1.14. The van der Waals surface area contributed by atoms with E-state index < -0.39 is 22.0 Å². The summed E-state index contributed by atoms with van der Waals surface area (Å²) in [4.78, 5) is 11.1. The van der Waals surface area contributed by atoms with Gasteiger partial charge in [0.1, 0.15) is 16.5 Å². The molecule has 1 N–H and O–H groups in total. The van der Waals surface area contributed by atoms with Crippen LogP contribution in [0.5, 0.6) is 0 Å². The van der Waals surface area contributed by atoms with Gasteiger partial charge in [0.25, 0.3) is 0 Å². The fourth-order valence-corrected chi connectivity index (χ4v) is 4.18. The first-order valence-corrected chi connectivity index (χ1v) is 7.42. The van der Waals surface area contributed by atoms with Gasteiger partial charge in [-0.1, -0.05) is 6.07 Å². The van der Waals surface area contributed by atoms with Crippen molar-refractivity contribution in [2.45, 2.75) is 23.8 Å². The third-order valence-corrected chi connectivity index (χ3v) is 5.26. The molecule has 0 amide bonds. The highest BCUT2D eigenvalue weighted by molar-refractivity contribution is 7.89. The fourth-order valence-electron chi connectivity index (χ4n) is 2.39. The molecule has 8 nitrogen and oxygen atoms in total. The number of carboxylic acids is 1. The number of aliphatic carboxylic acids is 1. The van der Waals surface area contributed by atoms with E-state index in [-0.39, 0.29) is 17.0 Å². The van der Waals surface area contributed by atoms with Crippen LogP contribution in [-0.4, -0.2) is 46.7 Å². The number of carboxylic acid groups (broad SMARTS) is 1. The molecule has 1 saturated heterocycles. The average molecular weight is 297 g/mol. The van der Waals surface area contributed by atoms with Crippen molar-refractivity contribution in [3.63, 3.8) is 0 Å². The molecule has 1 atom stereocenters. The number of benzene rings is 1. The van der Waals surface area contributed by atoms with E-state index in [2.05, 4.69) is 14.9 Å². The minimum atomic E-state index is -3.94. The normalized spacial score (nSPS) is 20.5. The van der Waals surface area contributed by atoms with Gasteiger partial charge in [-0.2, -0.15) is 4.31 Å². The topological polar surface area (TPSA) is 114 Å². The number of carbonyl (C=O) groups is 1. The maximum absolute atomic E-state index is 12.6. The molecule has 2 aromatic rings. The smallest absolute Gasteiger partial charge is 0.322 e. The lowest BCUT2D eigenvalue weighted by molar-refractivity contribution is -0.140. The van der Waals surface area contributed by atoms with E-state index in [1.807, 2.05) is 0 Å². The largest absolute Gasteiger partial charge is 0.480 e. The number of aromatic nitrogens is 2. The Balaban J connectivity index is 2.12. The first-order valence-electron chi connectivity index (χ1n) is 5.98. The van der Waals surface area contributed by atoms with E-state index in [4.69, 9.17) is 5.11 Å². The van der Waals surface area contributed by atoms with E-state index in [9.17, 15) is 13.2 Å². The number of hydrogen-bond donors (Lipinski definition) is 1. The molecule has 1 fully saturated rings. The Morgan fingerprint density at radius 1 is 1.40 bits per heavy atom. The van der Waals surface area contributed by atoms with Crippen molar-refractivity contribution in [3.05, 3.63) is 18.2 Å². The molecule has 0 unspecified atom stereocenters. The quantitative estimate of drug-likeness (QED) is 0.875. The molecule has 0 aliphatic carbocycles. The number of rotatable bonds is 3. The van der Waals surface area contributed by atoms with Crippen LogP contribution in [0.15, 0.2) is 27.7 Å². The van der Waals surface area contributed by atoms with E-state index >= 15 is 0 Å². The van der Waals surface area contributed by atoms with E-state index in [1.165, 1.54) is 12.1 Å². The molecule has 0 radical (unpaired) electrons. The molecule has 0 spiro atoms. The Bertz CT molecular complexity index is 769. The van der Waals surface area contributed by atoms with Gasteiger partial charge < -0.3 is 5.11 Å². The number of fused-ring (bicyclic) bond motifs is 1. The van der Waals surface area contributed by atoms with Crippen LogP contribution in [0, 0.1) is 0 Å². The second-order valence-electron chi connectivity index (χ2n) is 4.50. The van der Waals surface area contributed by atoms with Crippen LogP contribution in [0.2, 0.25) is 0 Å². The van der Waals surface area contributed by atoms with Gasteiger partial charge in [-0.05, 0) is 35.3 Å². The summed E-state index contributed by atoms with van der Waals surface area (Å²) in [5, 5.41) is 16.3. The zero-order chi connectivity index (χ0) is 14.3. The van der Waals surface area contributed by atoms with Crippen LogP contribution >= 0.6 is 0 Å². The Morgan fingerprint density at radius 2 is 2.20 bits per heavy atom. The van der Waals surface area contributed by atoms with Crippen molar-refractivity contribution in [1.29, 1.82) is 0 Å². The molecule has 20 heavy (non-hydrogen) atoms. The lowest BCUT2D eigenvalue weighted by atomic mass is 10.2. The Labute approximate surface area is 114 Å². The van der Waals surface area contributed by atoms with Gasteiger partial charge in [0.05, 0.1) is 0 Å². The molecular formula is C11H11N3O5S. The molecule has 1 aliphatic rings. The average Bonchev–Trinajstić information content (AvgIpc) is 3.06. The first-order chi connectivity index (χ1) is 9.51. The van der Waals surface area contributed by atoms with E-state index in [0.717, 1.165) is 4.31 Å². The minimum absolute atomic E-state index is 0.0793. The highest BCUT2D eigenvalue weighted by Gasteiger charge is 2.40.